The molecule has 228 valence electrons. The van der Waals surface area contributed by atoms with Gasteiger partial charge in [-0.25, -0.2) is 0 Å². The molecule has 0 aromatic heterocycles. The second-order valence-corrected chi connectivity index (χ2v) is 12.9. The Balaban J connectivity index is 4.04. The summed E-state index contributed by atoms with van der Waals surface area (Å²) >= 11 is 0. The van der Waals surface area contributed by atoms with E-state index < -0.39 is 25.2 Å². The van der Waals surface area contributed by atoms with Crippen molar-refractivity contribution in [3.63, 3.8) is 0 Å². The summed E-state index contributed by atoms with van der Waals surface area (Å²) in [6.45, 7) is 4.42. The van der Waals surface area contributed by atoms with Crippen molar-refractivity contribution in [1.82, 2.24) is 10.2 Å². The fourth-order valence-corrected chi connectivity index (χ4v) is 5.60. The SMILES string of the molecule is CCCCCCCCCCCCCCCCCCC(=O)CC(CC(=O)P(O)C(=O)CCN(C)C)NC(=O)CC. The van der Waals surface area contributed by atoms with Crippen molar-refractivity contribution in [3.05, 3.63) is 0 Å². The molecule has 0 saturated carbocycles. The molecule has 39 heavy (non-hydrogen) atoms. The van der Waals surface area contributed by atoms with Gasteiger partial charge in [0.25, 0.3) is 0 Å². The minimum atomic E-state index is -2.42. The Kier molecular flexibility index (Phi) is 25.0. The molecule has 0 saturated heterocycles. The molecule has 0 aromatic rings. The number of hydrogen-bond acceptors (Lipinski definition) is 6. The molecule has 0 rings (SSSR count). The summed E-state index contributed by atoms with van der Waals surface area (Å²) < 4.78 is 0. The molecule has 0 bridgehead atoms. The van der Waals surface area contributed by atoms with E-state index in [-0.39, 0.29) is 37.4 Å². The Labute approximate surface area is 240 Å². The van der Waals surface area contributed by atoms with E-state index in [1.807, 2.05) is 19.0 Å². The Bertz CT molecular complexity index is 671. The highest BCUT2D eigenvalue weighted by Crippen LogP contribution is 2.35. The third kappa shape index (κ3) is 23.3. The zero-order chi connectivity index (χ0) is 29.3. The molecule has 0 heterocycles. The summed E-state index contributed by atoms with van der Waals surface area (Å²) in [5, 5.41) is 2.73. The van der Waals surface area contributed by atoms with E-state index in [0.717, 1.165) is 19.3 Å². The fraction of sp³-hybridized carbons (Fsp3) is 0.871. The topological polar surface area (TPSA) is 104 Å². The van der Waals surface area contributed by atoms with Gasteiger partial charge in [-0.15, -0.1) is 0 Å². The normalized spacial score (nSPS) is 12.9. The van der Waals surface area contributed by atoms with Crippen LogP contribution in [0.4, 0.5) is 0 Å². The Morgan fingerprint density at radius 2 is 1.13 bits per heavy atom. The Hall–Kier alpha value is -1.17. The van der Waals surface area contributed by atoms with E-state index in [2.05, 4.69) is 12.2 Å². The maximum atomic E-state index is 12.5. The van der Waals surface area contributed by atoms with Crippen LogP contribution in [0.15, 0.2) is 0 Å². The van der Waals surface area contributed by atoms with Gasteiger partial charge in [0.15, 0.2) is 19.2 Å². The van der Waals surface area contributed by atoms with Crippen LogP contribution in [-0.2, 0) is 19.2 Å². The van der Waals surface area contributed by atoms with Crippen LogP contribution in [-0.4, -0.2) is 59.2 Å². The van der Waals surface area contributed by atoms with Crippen LogP contribution in [0.5, 0.6) is 0 Å². The molecule has 0 spiro atoms. The monoisotopic (exact) mass is 570 g/mol. The van der Waals surface area contributed by atoms with Crippen molar-refractivity contribution in [2.45, 2.75) is 155 Å². The molecule has 0 aliphatic heterocycles. The highest BCUT2D eigenvalue weighted by molar-refractivity contribution is 7.84. The molecule has 2 atom stereocenters. The number of hydrogen-bond donors (Lipinski definition) is 2. The molecule has 0 aromatic carbocycles. The number of ketones is 1. The van der Waals surface area contributed by atoms with Gasteiger partial charge < -0.3 is 15.1 Å². The van der Waals surface area contributed by atoms with Crippen molar-refractivity contribution < 1.29 is 24.1 Å². The number of nitrogens with one attached hydrogen (secondary N) is 1. The highest BCUT2D eigenvalue weighted by atomic mass is 31.1. The van der Waals surface area contributed by atoms with E-state index in [0.29, 0.717) is 13.0 Å². The van der Waals surface area contributed by atoms with Gasteiger partial charge in [-0.3, -0.25) is 19.2 Å². The molecule has 2 N–H and O–H groups in total. The number of carbonyl (C=O) groups is 4. The van der Waals surface area contributed by atoms with Crippen LogP contribution in [0.1, 0.15) is 149 Å². The standard InChI is InChI=1S/C31H59N2O5P/c1-5-7-8-9-10-11-12-13-14-15-16-17-18-19-20-21-22-28(34)25-27(32-29(35)6-2)26-31(37)39(38)30(36)23-24-33(3)4/h27,38H,5-26H2,1-4H3,(H,32,35). The summed E-state index contributed by atoms with van der Waals surface area (Å²) in [7, 11) is 1.21. The number of unbranched alkanes of at least 4 members (excludes halogenated alkanes) is 15. The third-order valence-corrected chi connectivity index (χ3v) is 8.49. The smallest absolute Gasteiger partial charge is 0.219 e. The third-order valence-electron chi connectivity index (χ3n) is 7.14. The second-order valence-electron chi connectivity index (χ2n) is 11.3. The summed E-state index contributed by atoms with van der Waals surface area (Å²) in [5.41, 5.74) is -1.05. The van der Waals surface area contributed by atoms with Gasteiger partial charge in [0.05, 0.1) is 0 Å². The summed E-state index contributed by atoms with van der Waals surface area (Å²) in [6, 6.07) is -0.669. The molecular weight excluding hydrogens is 511 g/mol. The quantitative estimate of drug-likeness (QED) is 0.0757. The molecular formula is C31H59N2O5P. The van der Waals surface area contributed by atoms with Crippen LogP contribution in [0, 0.1) is 0 Å². The molecule has 0 aliphatic carbocycles. The number of rotatable bonds is 28. The van der Waals surface area contributed by atoms with Crippen molar-refractivity contribution in [2.75, 3.05) is 20.6 Å². The average Bonchev–Trinajstić information content (AvgIpc) is 2.90. The van der Waals surface area contributed by atoms with Crippen LogP contribution in [0.2, 0.25) is 0 Å². The first-order chi connectivity index (χ1) is 18.7. The van der Waals surface area contributed by atoms with Gasteiger partial charge in [-0.1, -0.05) is 110 Å². The van der Waals surface area contributed by atoms with E-state index in [4.69, 9.17) is 0 Å². The summed E-state index contributed by atoms with van der Waals surface area (Å²) in [5.74, 6) is -0.236. The lowest BCUT2D eigenvalue weighted by molar-refractivity contribution is -0.123. The van der Waals surface area contributed by atoms with Crippen molar-refractivity contribution >= 4 is 30.9 Å². The number of amides is 1. The Morgan fingerprint density at radius 3 is 1.56 bits per heavy atom. The lowest BCUT2D eigenvalue weighted by atomic mass is 10.0. The molecule has 7 nitrogen and oxygen atoms in total. The summed E-state index contributed by atoms with van der Waals surface area (Å²) in [6.07, 6.45) is 21.1. The van der Waals surface area contributed by atoms with Gasteiger partial charge in [-0.05, 0) is 20.5 Å². The molecule has 8 heteroatoms. The zero-order valence-corrected chi connectivity index (χ0v) is 26.5. The predicted molar refractivity (Wildman–Crippen MR) is 163 cm³/mol. The molecule has 0 fully saturated rings. The minimum Gasteiger partial charge on any atom is -0.360 e. The second kappa shape index (κ2) is 25.8. The van der Waals surface area contributed by atoms with Gasteiger partial charge in [0.1, 0.15) is 5.78 Å². The Morgan fingerprint density at radius 1 is 0.667 bits per heavy atom. The van der Waals surface area contributed by atoms with Crippen molar-refractivity contribution in [3.8, 4) is 0 Å². The van der Waals surface area contributed by atoms with E-state index in [1.165, 1.54) is 83.5 Å². The van der Waals surface area contributed by atoms with Crippen LogP contribution in [0.3, 0.4) is 0 Å². The lowest BCUT2D eigenvalue weighted by Crippen LogP contribution is -2.37. The fourth-order valence-electron chi connectivity index (χ4n) is 4.61. The molecule has 2 unspecified atom stereocenters. The molecule has 1 amide bonds. The first-order valence-corrected chi connectivity index (χ1v) is 17.0. The highest BCUT2D eigenvalue weighted by Gasteiger charge is 2.28. The lowest BCUT2D eigenvalue weighted by Gasteiger charge is -2.19. The number of Topliss-reactive ketones (excluding diaryl/α,β-unsaturated/α-hetero) is 1. The maximum Gasteiger partial charge on any atom is 0.219 e. The molecule has 0 radical (unpaired) electrons. The minimum absolute atomic E-state index is 0.00997. The largest absolute Gasteiger partial charge is 0.360 e. The van der Waals surface area contributed by atoms with Crippen LogP contribution >= 0.6 is 8.15 Å². The molecule has 0 aliphatic rings. The van der Waals surface area contributed by atoms with E-state index in [9.17, 15) is 24.1 Å². The predicted octanol–water partition coefficient (Wildman–Crippen LogP) is 7.28. The van der Waals surface area contributed by atoms with Gasteiger partial charge in [0.2, 0.25) is 5.91 Å². The number of carbonyl (C=O) groups excluding carboxylic acids is 4. The summed E-state index contributed by atoms with van der Waals surface area (Å²) in [4.78, 5) is 61.1. The van der Waals surface area contributed by atoms with E-state index >= 15 is 0 Å². The zero-order valence-electron chi connectivity index (χ0n) is 25.6. The van der Waals surface area contributed by atoms with Gasteiger partial charge in [0, 0.05) is 44.7 Å². The van der Waals surface area contributed by atoms with Crippen LogP contribution in [0.25, 0.3) is 0 Å². The van der Waals surface area contributed by atoms with Crippen LogP contribution < -0.4 is 5.32 Å². The average molecular weight is 571 g/mol. The first kappa shape index (κ1) is 37.8. The van der Waals surface area contributed by atoms with Gasteiger partial charge in [-0.2, -0.15) is 0 Å². The van der Waals surface area contributed by atoms with E-state index in [1.54, 1.807) is 6.92 Å². The first-order valence-electron chi connectivity index (χ1n) is 15.7. The van der Waals surface area contributed by atoms with Crippen molar-refractivity contribution in [2.24, 2.45) is 0 Å². The number of nitrogens with zero attached hydrogens (tertiary/aromatic N) is 1. The van der Waals surface area contributed by atoms with Crippen molar-refractivity contribution in [1.29, 1.82) is 0 Å². The van der Waals surface area contributed by atoms with Gasteiger partial charge >= 0.3 is 0 Å². The maximum absolute atomic E-state index is 12.5.